The van der Waals surface area contributed by atoms with E-state index in [0.29, 0.717) is 6.54 Å². The lowest BCUT2D eigenvalue weighted by molar-refractivity contribution is -0.0379. The molecule has 2 aliphatic rings. The monoisotopic (exact) mass is 313 g/mol. The first-order valence-corrected chi connectivity index (χ1v) is 8.33. The number of aliphatic hydroxyl groups is 1. The molecule has 23 heavy (non-hydrogen) atoms. The summed E-state index contributed by atoms with van der Waals surface area (Å²) in [6, 6.07) is 8.48. The molecule has 2 aromatic rings. The van der Waals surface area contributed by atoms with Crippen LogP contribution in [0, 0.1) is 0 Å². The second-order valence-corrected chi connectivity index (χ2v) is 6.80. The van der Waals surface area contributed by atoms with Crippen LogP contribution >= 0.6 is 0 Å². The van der Waals surface area contributed by atoms with E-state index in [1.54, 1.807) is 10.9 Å². The minimum absolute atomic E-state index is 0.00523. The zero-order chi connectivity index (χ0) is 15.9. The average Bonchev–Trinajstić information content (AvgIpc) is 2.97. The van der Waals surface area contributed by atoms with Crippen molar-refractivity contribution in [1.82, 2.24) is 15.1 Å². The number of aromatic nitrogens is 2. The Morgan fingerprint density at radius 2 is 2.26 bits per heavy atom. The summed E-state index contributed by atoms with van der Waals surface area (Å²) < 4.78 is 7.98. The Balaban J connectivity index is 1.49. The first-order chi connectivity index (χ1) is 11.2. The van der Waals surface area contributed by atoms with Crippen molar-refractivity contribution in [2.24, 2.45) is 7.05 Å². The molecule has 2 N–H and O–H groups in total. The molecule has 4 rings (SSSR count). The van der Waals surface area contributed by atoms with E-state index in [0.717, 1.165) is 30.6 Å². The highest BCUT2D eigenvalue weighted by molar-refractivity contribution is 5.39. The fourth-order valence-electron chi connectivity index (χ4n) is 3.66. The first kappa shape index (κ1) is 14.7. The Kier molecular flexibility index (Phi) is 3.62. The molecule has 1 aliphatic heterocycles. The van der Waals surface area contributed by atoms with Gasteiger partial charge in [0.25, 0.3) is 0 Å². The molecule has 122 valence electrons. The van der Waals surface area contributed by atoms with Crippen molar-refractivity contribution in [3.05, 3.63) is 47.8 Å². The van der Waals surface area contributed by atoms with Gasteiger partial charge in [-0.3, -0.25) is 4.68 Å². The molecule has 0 bridgehead atoms. The summed E-state index contributed by atoms with van der Waals surface area (Å²) in [6.45, 7) is 0.515. The number of para-hydroxylation sites is 1. The number of aliphatic hydroxyl groups excluding tert-OH is 1. The summed E-state index contributed by atoms with van der Waals surface area (Å²) in [4.78, 5) is 0. The Labute approximate surface area is 136 Å². The maximum Gasteiger partial charge on any atom is 0.124 e. The lowest BCUT2D eigenvalue weighted by atomic mass is 9.73. The first-order valence-electron chi connectivity index (χ1n) is 8.33. The number of fused-ring (bicyclic) bond motifs is 1. The number of hydrogen-bond acceptors (Lipinski definition) is 4. The van der Waals surface area contributed by atoms with Crippen molar-refractivity contribution in [3.63, 3.8) is 0 Å². The topological polar surface area (TPSA) is 59.3 Å². The second kappa shape index (κ2) is 5.65. The van der Waals surface area contributed by atoms with Crippen molar-refractivity contribution in [3.8, 4) is 5.75 Å². The highest BCUT2D eigenvalue weighted by atomic mass is 16.5. The molecule has 1 fully saturated rings. The molecule has 0 radical (unpaired) electrons. The molecule has 0 amide bonds. The van der Waals surface area contributed by atoms with Crippen LogP contribution in [-0.4, -0.2) is 27.0 Å². The molecule has 1 aromatic carbocycles. The van der Waals surface area contributed by atoms with Crippen LogP contribution in [0.15, 0.2) is 36.7 Å². The fraction of sp³-hybridized carbons (Fsp3) is 0.500. The van der Waals surface area contributed by atoms with E-state index in [1.807, 2.05) is 25.4 Å². The number of benzene rings is 1. The molecule has 5 heteroatoms. The maximum atomic E-state index is 10.4. The summed E-state index contributed by atoms with van der Waals surface area (Å²) >= 11 is 0. The van der Waals surface area contributed by atoms with Gasteiger partial charge < -0.3 is 15.2 Å². The van der Waals surface area contributed by atoms with Crippen LogP contribution < -0.4 is 10.1 Å². The zero-order valence-corrected chi connectivity index (χ0v) is 13.4. The molecule has 2 heterocycles. The van der Waals surface area contributed by atoms with E-state index in [4.69, 9.17) is 4.74 Å². The van der Waals surface area contributed by atoms with E-state index in [-0.39, 0.29) is 11.6 Å². The summed E-state index contributed by atoms with van der Waals surface area (Å²) in [7, 11) is 1.86. The summed E-state index contributed by atoms with van der Waals surface area (Å²) in [5.41, 5.74) is 2.05. The second-order valence-electron chi connectivity index (χ2n) is 6.80. The third-order valence-corrected chi connectivity index (χ3v) is 5.13. The number of nitrogens with one attached hydrogen (secondary N) is 1. The Hall–Kier alpha value is -1.85. The maximum absolute atomic E-state index is 10.4. The molecule has 1 saturated carbocycles. The van der Waals surface area contributed by atoms with E-state index >= 15 is 0 Å². The van der Waals surface area contributed by atoms with Gasteiger partial charge in [0.2, 0.25) is 0 Å². The minimum atomic E-state index is -0.545. The van der Waals surface area contributed by atoms with Crippen LogP contribution in [0.4, 0.5) is 0 Å². The van der Waals surface area contributed by atoms with Gasteiger partial charge in [0.05, 0.1) is 12.3 Å². The van der Waals surface area contributed by atoms with Gasteiger partial charge in [-0.05, 0) is 25.3 Å². The molecular weight excluding hydrogens is 290 g/mol. The summed E-state index contributed by atoms with van der Waals surface area (Å²) in [6.07, 6.45) is 7.51. The van der Waals surface area contributed by atoms with Gasteiger partial charge >= 0.3 is 0 Å². The van der Waals surface area contributed by atoms with Gasteiger partial charge in [-0.2, -0.15) is 5.10 Å². The van der Waals surface area contributed by atoms with E-state index in [2.05, 4.69) is 22.5 Å². The van der Waals surface area contributed by atoms with Crippen molar-refractivity contribution in [1.29, 1.82) is 0 Å². The Morgan fingerprint density at radius 1 is 1.43 bits per heavy atom. The quantitative estimate of drug-likeness (QED) is 0.910. The number of aryl methyl sites for hydroxylation is 1. The SMILES string of the molecule is Cn1cc([C@H](O)CN[C@@H]2CC3(CCC3)Oc3ccccc32)cn1. The fourth-order valence-corrected chi connectivity index (χ4v) is 3.66. The summed E-state index contributed by atoms with van der Waals surface area (Å²) in [5.74, 6) is 0.992. The van der Waals surface area contributed by atoms with E-state index in [1.165, 1.54) is 12.0 Å². The number of rotatable bonds is 4. The van der Waals surface area contributed by atoms with Crippen LogP contribution in [0.25, 0.3) is 0 Å². The van der Waals surface area contributed by atoms with Gasteiger partial charge in [-0.25, -0.2) is 0 Å². The molecule has 2 atom stereocenters. The molecule has 0 saturated heterocycles. The number of hydrogen-bond donors (Lipinski definition) is 2. The lowest BCUT2D eigenvalue weighted by Crippen LogP contribution is -2.49. The molecule has 5 nitrogen and oxygen atoms in total. The third-order valence-electron chi connectivity index (χ3n) is 5.13. The van der Waals surface area contributed by atoms with Crippen LogP contribution in [-0.2, 0) is 7.05 Å². The smallest absolute Gasteiger partial charge is 0.124 e. The predicted molar refractivity (Wildman–Crippen MR) is 87.2 cm³/mol. The van der Waals surface area contributed by atoms with Crippen molar-refractivity contribution in [2.45, 2.75) is 43.4 Å². The normalized spacial score (nSPS) is 23.0. The van der Waals surface area contributed by atoms with Gasteiger partial charge in [0.1, 0.15) is 11.4 Å². The number of nitrogens with zero attached hydrogens (tertiary/aromatic N) is 2. The van der Waals surface area contributed by atoms with Gasteiger partial charge in [0.15, 0.2) is 0 Å². The highest BCUT2D eigenvalue weighted by Gasteiger charge is 2.45. The molecule has 1 spiro atoms. The van der Waals surface area contributed by atoms with Gasteiger partial charge in [-0.1, -0.05) is 18.2 Å². The van der Waals surface area contributed by atoms with Gasteiger partial charge in [-0.15, -0.1) is 0 Å². The van der Waals surface area contributed by atoms with E-state index in [9.17, 15) is 5.11 Å². The molecule has 1 aromatic heterocycles. The van der Waals surface area contributed by atoms with Crippen molar-refractivity contribution >= 4 is 0 Å². The van der Waals surface area contributed by atoms with Crippen molar-refractivity contribution in [2.75, 3.05) is 6.54 Å². The predicted octanol–water partition coefficient (Wildman–Crippen LogP) is 2.49. The van der Waals surface area contributed by atoms with Crippen LogP contribution in [0.3, 0.4) is 0 Å². The zero-order valence-electron chi connectivity index (χ0n) is 13.4. The van der Waals surface area contributed by atoms with Crippen molar-refractivity contribution < 1.29 is 9.84 Å². The Morgan fingerprint density at radius 3 is 2.96 bits per heavy atom. The van der Waals surface area contributed by atoms with Crippen LogP contribution in [0.2, 0.25) is 0 Å². The van der Waals surface area contributed by atoms with E-state index < -0.39 is 6.10 Å². The molecule has 1 aliphatic carbocycles. The average molecular weight is 313 g/mol. The van der Waals surface area contributed by atoms with Gasteiger partial charge in [0, 0.05) is 43.4 Å². The lowest BCUT2D eigenvalue weighted by Gasteiger charge is -2.48. The molecular formula is C18H23N3O2. The Bertz CT molecular complexity index is 693. The number of ether oxygens (including phenoxy) is 1. The minimum Gasteiger partial charge on any atom is -0.487 e. The largest absolute Gasteiger partial charge is 0.487 e. The third kappa shape index (κ3) is 2.75. The highest BCUT2D eigenvalue weighted by Crippen LogP contribution is 2.48. The standard InChI is InChI=1S/C18H23N3O2/c1-21-12-13(10-20-21)16(22)11-19-15-9-18(7-4-8-18)23-17-6-3-2-5-14(15)17/h2-3,5-6,10,12,15-16,19,22H,4,7-9,11H2,1H3/t15-,16-/m1/s1. The summed E-state index contributed by atoms with van der Waals surface area (Å²) in [5, 5.41) is 18.0. The molecule has 0 unspecified atom stereocenters. The van der Waals surface area contributed by atoms with Crippen LogP contribution in [0.1, 0.15) is 49.0 Å². The van der Waals surface area contributed by atoms with Crippen LogP contribution in [0.5, 0.6) is 5.75 Å².